The van der Waals surface area contributed by atoms with E-state index in [1.54, 1.807) is 0 Å². The average Bonchev–Trinajstić information content (AvgIpc) is 2.55. The van der Waals surface area contributed by atoms with E-state index < -0.39 is 5.97 Å². The number of alkyl halides is 1. The number of hydrogen-bond acceptors (Lipinski definition) is 3. The topological polar surface area (TPSA) is 35.5 Å². The SMILES string of the molecule is O=C(COC(c1ccccc1)c1ccccc1)OCCCl. The van der Waals surface area contributed by atoms with Gasteiger partial charge in [0.15, 0.2) is 0 Å². The fourth-order valence-electron chi connectivity index (χ4n) is 1.99. The van der Waals surface area contributed by atoms with Crippen LogP contribution in [-0.2, 0) is 14.3 Å². The molecule has 0 fully saturated rings. The summed E-state index contributed by atoms with van der Waals surface area (Å²) < 4.78 is 10.7. The van der Waals surface area contributed by atoms with Crippen LogP contribution in [0.25, 0.3) is 0 Å². The van der Waals surface area contributed by atoms with Gasteiger partial charge in [0, 0.05) is 0 Å². The van der Waals surface area contributed by atoms with Gasteiger partial charge in [0.1, 0.15) is 19.3 Å². The zero-order valence-electron chi connectivity index (χ0n) is 11.6. The number of esters is 1. The Labute approximate surface area is 129 Å². The first-order valence-electron chi connectivity index (χ1n) is 6.74. The van der Waals surface area contributed by atoms with Crippen LogP contribution in [0.15, 0.2) is 60.7 Å². The van der Waals surface area contributed by atoms with Gasteiger partial charge < -0.3 is 9.47 Å². The second-order valence-corrected chi connectivity index (χ2v) is 4.80. The molecule has 0 atom stereocenters. The molecule has 2 rings (SSSR count). The van der Waals surface area contributed by atoms with Crippen LogP contribution in [-0.4, -0.2) is 25.1 Å². The van der Waals surface area contributed by atoms with Crippen LogP contribution in [0, 0.1) is 0 Å². The van der Waals surface area contributed by atoms with E-state index >= 15 is 0 Å². The maximum Gasteiger partial charge on any atom is 0.332 e. The summed E-state index contributed by atoms with van der Waals surface area (Å²) in [4.78, 5) is 11.6. The number of carbonyl (C=O) groups is 1. The van der Waals surface area contributed by atoms with Gasteiger partial charge in [0.05, 0.1) is 5.88 Å². The summed E-state index contributed by atoms with van der Waals surface area (Å²) in [6.45, 7) is 0.0937. The van der Waals surface area contributed by atoms with E-state index in [1.807, 2.05) is 60.7 Å². The predicted octanol–water partition coefficient (Wildman–Crippen LogP) is 3.57. The summed E-state index contributed by atoms with van der Waals surface area (Å²) >= 11 is 5.48. The Hall–Kier alpha value is -1.84. The van der Waals surface area contributed by atoms with Crippen LogP contribution >= 0.6 is 11.6 Å². The Bertz CT molecular complexity index is 503. The van der Waals surface area contributed by atoms with Crippen molar-refractivity contribution in [3.63, 3.8) is 0 Å². The third kappa shape index (κ3) is 4.88. The molecule has 0 heterocycles. The molecule has 0 spiro atoms. The van der Waals surface area contributed by atoms with Crippen molar-refractivity contribution in [3.05, 3.63) is 71.8 Å². The first kappa shape index (κ1) is 15.5. The van der Waals surface area contributed by atoms with Crippen LogP contribution in [0.1, 0.15) is 17.2 Å². The summed E-state index contributed by atoms with van der Waals surface area (Å²) in [7, 11) is 0. The molecule has 2 aromatic carbocycles. The molecule has 3 nitrogen and oxygen atoms in total. The van der Waals surface area contributed by atoms with Crippen molar-refractivity contribution in [2.24, 2.45) is 0 Å². The zero-order chi connectivity index (χ0) is 14.9. The van der Waals surface area contributed by atoms with E-state index in [0.29, 0.717) is 0 Å². The highest BCUT2D eigenvalue weighted by Crippen LogP contribution is 2.25. The van der Waals surface area contributed by atoms with Gasteiger partial charge in [-0.3, -0.25) is 0 Å². The molecule has 0 amide bonds. The lowest BCUT2D eigenvalue weighted by molar-refractivity contribution is -0.149. The minimum Gasteiger partial charge on any atom is -0.463 e. The van der Waals surface area contributed by atoms with Gasteiger partial charge in [-0.2, -0.15) is 0 Å². The highest BCUT2D eigenvalue weighted by Gasteiger charge is 2.16. The Balaban J connectivity index is 2.09. The molecule has 0 aromatic heterocycles. The quantitative estimate of drug-likeness (QED) is 0.579. The van der Waals surface area contributed by atoms with E-state index in [2.05, 4.69) is 0 Å². The van der Waals surface area contributed by atoms with Gasteiger partial charge in [-0.15, -0.1) is 11.6 Å². The standard InChI is InChI=1S/C17H17ClO3/c18-11-12-20-16(19)13-21-17(14-7-3-1-4-8-14)15-9-5-2-6-10-15/h1-10,17H,11-13H2. The number of hydrogen-bond donors (Lipinski definition) is 0. The van der Waals surface area contributed by atoms with Crippen molar-refractivity contribution < 1.29 is 14.3 Å². The van der Waals surface area contributed by atoms with Gasteiger partial charge in [-0.25, -0.2) is 4.79 Å². The van der Waals surface area contributed by atoms with Crippen LogP contribution < -0.4 is 0 Å². The molecule has 110 valence electrons. The van der Waals surface area contributed by atoms with Crippen molar-refractivity contribution in [3.8, 4) is 0 Å². The van der Waals surface area contributed by atoms with Gasteiger partial charge in [0.2, 0.25) is 0 Å². The van der Waals surface area contributed by atoms with Crippen molar-refractivity contribution in [2.45, 2.75) is 6.10 Å². The van der Waals surface area contributed by atoms with E-state index in [-0.39, 0.29) is 25.2 Å². The lowest BCUT2D eigenvalue weighted by Gasteiger charge is -2.18. The Kier molecular flexibility index (Phi) is 6.25. The molecular weight excluding hydrogens is 288 g/mol. The van der Waals surface area contributed by atoms with Crippen LogP contribution in [0.5, 0.6) is 0 Å². The summed E-state index contributed by atoms with van der Waals surface area (Å²) in [6.07, 6.45) is -0.295. The van der Waals surface area contributed by atoms with E-state index in [4.69, 9.17) is 21.1 Å². The fraction of sp³-hybridized carbons (Fsp3) is 0.235. The molecular formula is C17H17ClO3. The van der Waals surface area contributed by atoms with E-state index in [0.717, 1.165) is 11.1 Å². The lowest BCUT2D eigenvalue weighted by Crippen LogP contribution is -2.17. The van der Waals surface area contributed by atoms with Crippen molar-refractivity contribution >= 4 is 17.6 Å². The third-order valence-electron chi connectivity index (χ3n) is 2.91. The molecule has 0 N–H and O–H groups in total. The van der Waals surface area contributed by atoms with Gasteiger partial charge in [0.25, 0.3) is 0 Å². The molecule has 0 saturated heterocycles. The largest absolute Gasteiger partial charge is 0.463 e. The van der Waals surface area contributed by atoms with Gasteiger partial charge in [-0.1, -0.05) is 60.7 Å². The molecule has 0 aliphatic heterocycles. The molecule has 0 aliphatic carbocycles. The lowest BCUT2D eigenvalue weighted by atomic mass is 10.0. The average molecular weight is 305 g/mol. The van der Waals surface area contributed by atoms with Crippen molar-refractivity contribution in [1.82, 2.24) is 0 Å². The number of benzene rings is 2. The van der Waals surface area contributed by atoms with Crippen LogP contribution in [0.2, 0.25) is 0 Å². The maximum absolute atomic E-state index is 11.6. The monoisotopic (exact) mass is 304 g/mol. The molecule has 0 unspecified atom stereocenters. The second kappa shape index (κ2) is 8.45. The summed E-state index contributed by atoms with van der Waals surface area (Å²) in [5.41, 5.74) is 1.99. The molecule has 0 aliphatic rings. The molecule has 0 bridgehead atoms. The first-order chi connectivity index (χ1) is 10.3. The van der Waals surface area contributed by atoms with Crippen molar-refractivity contribution in [1.29, 1.82) is 0 Å². The third-order valence-corrected chi connectivity index (χ3v) is 3.07. The maximum atomic E-state index is 11.6. The van der Waals surface area contributed by atoms with Crippen LogP contribution in [0.4, 0.5) is 0 Å². The van der Waals surface area contributed by atoms with Crippen LogP contribution in [0.3, 0.4) is 0 Å². The second-order valence-electron chi connectivity index (χ2n) is 4.42. The van der Waals surface area contributed by atoms with Gasteiger partial charge in [-0.05, 0) is 11.1 Å². The number of rotatable bonds is 7. The molecule has 4 heteroatoms. The highest BCUT2D eigenvalue weighted by molar-refractivity contribution is 6.18. The number of halogens is 1. The zero-order valence-corrected chi connectivity index (χ0v) is 12.3. The number of ether oxygens (including phenoxy) is 2. The van der Waals surface area contributed by atoms with Crippen molar-refractivity contribution in [2.75, 3.05) is 19.1 Å². The summed E-state index contributed by atoms with van der Waals surface area (Å²) in [5.74, 6) is -0.125. The Morgan fingerprint density at radius 3 is 1.95 bits per heavy atom. The first-order valence-corrected chi connectivity index (χ1v) is 7.28. The normalized spacial score (nSPS) is 10.6. The minimum absolute atomic E-state index is 0.106. The fourth-order valence-corrected chi connectivity index (χ4v) is 2.06. The van der Waals surface area contributed by atoms with E-state index in [9.17, 15) is 4.79 Å². The van der Waals surface area contributed by atoms with Gasteiger partial charge >= 0.3 is 5.97 Å². The summed E-state index contributed by atoms with van der Waals surface area (Å²) in [5, 5.41) is 0. The highest BCUT2D eigenvalue weighted by atomic mass is 35.5. The Morgan fingerprint density at radius 2 is 1.48 bits per heavy atom. The molecule has 2 aromatic rings. The minimum atomic E-state index is -0.410. The van der Waals surface area contributed by atoms with E-state index in [1.165, 1.54) is 0 Å². The number of carbonyl (C=O) groups excluding carboxylic acids is 1. The Morgan fingerprint density at radius 1 is 0.952 bits per heavy atom. The molecule has 0 radical (unpaired) electrons. The molecule has 0 saturated carbocycles. The molecule has 21 heavy (non-hydrogen) atoms. The smallest absolute Gasteiger partial charge is 0.332 e. The summed E-state index contributed by atoms with van der Waals surface area (Å²) in [6, 6.07) is 19.6. The predicted molar refractivity (Wildman–Crippen MR) is 82.4 cm³/mol.